The maximum absolute atomic E-state index is 12.3. The highest BCUT2D eigenvalue weighted by molar-refractivity contribution is 5.74. The van der Waals surface area contributed by atoms with Crippen LogP contribution in [0.4, 0.5) is 18.0 Å². The molecule has 0 aromatic carbocycles. The zero-order chi connectivity index (χ0) is 15.5. The van der Waals surface area contributed by atoms with E-state index in [0.29, 0.717) is 25.8 Å². The van der Waals surface area contributed by atoms with Gasteiger partial charge in [-0.1, -0.05) is 12.8 Å². The van der Waals surface area contributed by atoms with Crippen molar-refractivity contribution in [3.8, 4) is 0 Å². The molecule has 1 atom stereocenters. The summed E-state index contributed by atoms with van der Waals surface area (Å²) < 4.78 is 36.8. The van der Waals surface area contributed by atoms with Crippen LogP contribution < -0.4 is 10.6 Å². The highest BCUT2D eigenvalue weighted by Gasteiger charge is 2.35. The fraction of sp³-hybridized carbons (Fsp3) is 0.923. The van der Waals surface area contributed by atoms with E-state index in [4.69, 9.17) is 0 Å². The van der Waals surface area contributed by atoms with Crippen LogP contribution in [0.1, 0.15) is 32.1 Å². The average Bonchev–Trinajstić information content (AvgIpc) is 2.95. The summed E-state index contributed by atoms with van der Waals surface area (Å²) in [6.45, 7) is -0.212. The van der Waals surface area contributed by atoms with Crippen LogP contribution >= 0.6 is 0 Å². The van der Waals surface area contributed by atoms with Crippen molar-refractivity contribution in [1.29, 1.82) is 0 Å². The minimum Gasteiger partial charge on any atom is -0.388 e. The Labute approximate surface area is 121 Å². The van der Waals surface area contributed by atoms with Crippen LogP contribution in [-0.4, -0.2) is 60.0 Å². The molecule has 0 aromatic rings. The standard InChI is InChI=1S/C13H22F3N3O2/c14-13(15,16)9-19-6-3-10(7-19)18-11(20)17-8-12(21)4-1-2-5-12/h10,21H,1-9H2,(H2,17,18,20). The van der Waals surface area contributed by atoms with E-state index in [-0.39, 0.29) is 19.1 Å². The van der Waals surface area contributed by atoms with Gasteiger partial charge in [-0.2, -0.15) is 13.2 Å². The van der Waals surface area contributed by atoms with Crippen molar-refractivity contribution in [2.75, 3.05) is 26.2 Å². The lowest BCUT2D eigenvalue weighted by Gasteiger charge is -2.23. The van der Waals surface area contributed by atoms with Gasteiger partial charge in [-0.15, -0.1) is 0 Å². The van der Waals surface area contributed by atoms with E-state index in [2.05, 4.69) is 10.6 Å². The second-order valence-electron chi connectivity index (χ2n) is 6.09. The van der Waals surface area contributed by atoms with E-state index in [1.165, 1.54) is 4.90 Å². The molecule has 1 unspecified atom stereocenters. The van der Waals surface area contributed by atoms with Crippen molar-refractivity contribution >= 4 is 6.03 Å². The van der Waals surface area contributed by atoms with E-state index in [1.54, 1.807) is 0 Å². The molecule has 3 N–H and O–H groups in total. The first kappa shape index (κ1) is 16.4. The molecule has 1 saturated carbocycles. The maximum atomic E-state index is 12.3. The third kappa shape index (κ3) is 5.35. The third-order valence-corrected chi connectivity index (χ3v) is 4.12. The molecular weight excluding hydrogens is 287 g/mol. The largest absolute Gasteiger partial charge is 0.401 e. The first-order chi connectivity index (χ1) is 9.76. The Morgan fingerprint density at radius 1 is 1.33 bits per heavy atom. The molecule has 0 bridgehead atoms. The van der Waals surface area contributed by atoms with Gasteiger partial charge in [0.2, 0.25) is 0 Å². The van der Waals surface area contributed by atoms with Crippen LogP contribution in [0.15, 0.2) is 0 Å². The van der Waals surface area contributed by atoms with Gasteiger partial charge >= 0.3 is 12.2 Å². The molecule has 0 spiro atoms. The van der Waals surface area contributed by atoms with E-state index < -0.39 is 24.4 Å². The lowest BCUT2D eigenvalue weighted by Crippen LogP contribution is -2.48. The second kappa shape index (κ2) is 6.39. The minimum absolute atomic E-state index is 0.192. The molecule has 2 rings (SSSR count). The zero-order valence-corrected chi connectivity index (χ0v) is 11.9. The predicted molar refractivity (Wildman–Crippen MR) is 70.9 cm³/mol. The molecule has 2 amide bonds. The van der Waals surface area contributed by atoms with Gasteiger partial charge in [-0.25, -0.2) is 4.79 Å². The highest BCUT2D eigenvalue weighted by atomic mass is 19.4. The Bertz CT molecular complexity index is 370. The molecule has 1 aliphatic carbocycles. The van der Waals surface area contributed by atoms with Gasteiger partial charge in [0.25, 0.3) is 0 Å². The number of halogens is 3. The fourth-order valence-corrected chi connectivity index (χ4v) is 3.04. The molecule has 2 fully saturated rings. The molecule has 21 heavy (non-hydrogen) atoms. The number of alkyl halides is 3. The summed E-state index contributed by atoms with van der Waals surface area (Å²) in [5.74, 6) is 0. The number of aliphatic hydroxyl groups is 1. The summed E-state index contributed by atoms with van der Waals surface area (Å²) in [5.41, 5.74) is -0.824. The first-order valence-corrected chi connectivity index (χ1v) is 7.32. The molecule has 1 saturated heterocycles. The van der Waals surface area contributed by atoms with Gasteiger partial charge in [-0.3, -0.25) is 4.90 Å². The van der Waals surface area contributed by atoms with Crippen LogP contribution in [0.2, 0.25) is 0 Å². The lowest BCUT2D eigenvalue weighted by atomic mass is 10.0. The molecular formula is C13H22F3N3O2. The van der Waals surface area contributed by atoms with Crippen molar-refractivity contribution in [2.45, 2.75) is 49.9 Å². The Morgan fingerprint density at radius 2 is 2.00 bits per heavy atom. The van der Waals surface area contributed by atoms with Crippen LogP contribution in [-0.2, 0) is 0 Å². The number of hydrogen-bond acceptors (Lipinski definition) is 3. The van der Waals surface area contributed by atoms with Crippen molar-refractivity contribution in [3.63, 3.8) is 0 Å². The highest BCUT2D eigenvalue weighted by Crippen LogP contribution is 2.28. The molecule has 1 aliphatic heterocycles. The van der Waals surface area contributed by atoms with E-state index in [0.717, 1.165) is 12.8 Å². The summed E-state index contributed by atoms with van der Waals surface area (Å²) >= 11 is 0. The van der Waals surface area contributed by atoms with Crippen LogP contribution in [0.3, 0.4) is 0 Å². The van der Waals surface area contributed by atoms with Crippen molar-refractivity contribution in [1.82, 2.24) is 15.5 Å². The fourth-order valence-electron chi connectivity index (χ4n) is 3.04. The van der Waals surface area contributed by atoms with Gasteiger partial charge in [0.1, 0.15) is 0 Å². The number of nitrogens with zero attached hydrogens (tertiary/aromatic N) is 1. The first-order valence-electron chi connectivity index (χ1n) is 7.32. The number of urea groups is 1. The molecule has 122 valence electrons. The average molecular weight is 309 g/mol. The summed E-state index contributed by atoms with van der Waals surface area (Å²) in [7, 11) is 0. The number of carbonyl (C=O) groups excluding carboxylic acids is 1. The number of rotatable bonds is 4. The van der Waals surface area contributed by atoms with Gasteiger partial charge in [0, 0.05) is 25.7 Å². The quantitative estimate of drug-likeness (QED) is 0.732. The van der Waals surface area contributed by atoms with Crippen molar-refractivity contribution in [3.05, 3.63) is 0 Å². The Kier molecular flexibility index (Phi) is 4.98. The molecule has 5 nitrogen and oxygen atoms in total. The SMILES string of the molecule is O=C(NCC1(O)CCCC1)NC1CCN(CC(F)(F)F)C1. The summed E-state index contributed by atoms with van der Waals surface area (Å²) in [6.07, 6.45) is -0.438. The number of carbonyl (C=O) groups is 1. The number of hydrogen-bond donors (Lipinski definition) is 3. The van der Waals surface area contributed by atoms with Crippen LogP contribution in [0.25, 0.3) is 0 Å². The summed E-state index contributed by atoms with van der Waals surface area (Å²) in [6, 6.07) is -0.695. The van der Waals surface area contributed by atoms with Crippen molar-refractivity contribution < 1.29 is 23.1 Å². The van der Waals surface area contributed by atoms with E-state index in [9.17, 15) is 23.1 Å². The van der Waals surface area contributed by atoms with Crippen LogP contribution in [0, 0.1) is 0 Å². The second-order valence-corrected chi connectivity index (χ2v) is 6.09. The van der Waals surface area contributed by atoms with Gasteiger partial charge in [0.05, 0.1) is 12.1 Å². The summed E-state index contributed by atoms with van der Waals surface area (Å²) in [4.78, 5) is 13.0. The van der Waals surface area contributed by atoms with E-state index in [1.807, 2.05) is 0 Å². The Morgan fingerprint density at radius 3 is 2.62 bits per heavy atom. The molecule has 0 radical (unpaired) electrons. The normalized spacial score (nSPS) is 26.0. The molecule has 8 heteroatoms. The predicted octanol–water partition coefficient (Wildman–Crippen LogP) is 1.23. The number of nitrogens with one attached hydrogen (secondary N) is 2. The Balaban J connectivity index is 1.67. The third-order valence-electron chi connectivity index (χ3n) is 4.12. The minimum atomic E-state index is -4.21. The van der Waals surface area contributed by atoms with Crippen molar-refractivity contribution in [2.24, 2.45) is 0 Å². The van der Waals surface area contributed by atoms with Gasteiger partial charge in [-0.05, 0) is 19.3 Å². The molecule has 0 aromatic heterocycles. The van der Waals surface area contributed by atoms with E-state index >= 15 is 0 Å². The van der Waals surface area contributed by atoms with Gasteiger partial charge < -0.3 is 15.7 Å². The number of likely N-dealkylation sites (tertiary alicyclic amines) is 1. The lowest BCUT2D eigenvalue weighted by molar-refractivity contribution is -0.143. The molecule has 2 aliphatic rings. The zero-order valence-electron chi connectivity index (χ0n) is 11.9. The number of amides is 2. The Hall–Kier alpha value is -1.02. The van der Waals surface area contributed by atoms with Gasteiger partial charge in [0.15, 0.2) is 0 Å². The summed E-state index contributed by atoms with van der Waals surface area (Å²) in [5, 5.41) is 15.4. The van der Waals surface area contributed by atoms with Crippen LogP contribution in [0.5, 0.6) is 0 Å². The smallest absolute Gasteiger partial charge is 0.388 e. The monoisotopic (exact) mass is 309 g/mol. The maximum Gasteiger partial charge on any atom is 0.401 e. The topological polar surface area (TPSA) is 64.6 Å². The molecule has 1 heterocycles.